The number of aromatic amines is 1. The number of ether oxygens (including phenoxy) is 2. The number of rotatable bonds is 5. The zero-order valence-electron chi connectivity index (χ0n) is 22.5. The molecule has 4 aliphatic heterocycles. The molecule has 2 aromatic heterocycles. The van der Waals surface area contributed by atoms with Crippen LogP contribution in [0.4, 0.5) is 15.9 Å². The number of H-pyrrole nitrogens is 1. The number of hydrogen-bond acceptors (Lipinski definition) is 8. The number of carbonyl (C=O) groups is 1. The molecular weight excluding hydrogens is 501 g/mol. The third-order valence-electron chi connectivity index (χ3n) is 8.97. The van der Waals surface area contributed by atoms with Gasteiger partial charge in [0.25, 0.3) is 5.91 Å². The van der Waals surface area contributed by atoms with Crippen molar-refractivity contribution in [1.82, 2.24) is 25.1 Å². The molecule has 11 heteroatoms. The van der Waals surface area contributed by atoms with E-state index in [1.807, 2.05) is 13.8 Å². The molecule has 2 unspecified atom stereocenters. The Kier molecular flexibility index (Phi) is 5.96. The second-order valence-electron chi connectivity index (χ2n) is 11.4. The van der Waals surface area contributed by atoms with Gasteiger partial charge in [-0.25, -0.2) is 4.39 Å². The normalized spacial score (nSPS) is 25.4. The van der Waals surface area contributed by atoms with Crippen molar-refractivity contribution in [2.24, 2.45) is 0 Å². The van der Waals surface area contributed by atoms with Gasteiger partial charge >= 0.3 is 6.01 Å². The summed E-state index contributed by atoms with van der Waals surface area (Å²) in [6.07, 6.45) is 4.22. The van der Waals surface area contributed by atoms with Gasteiger partial charge in [-0.05, 0) is 56.8 Å². The molecular formula is C28H34FN7O3. The Balaban J connectivity index is 1.27. The van der Waals surface area contributed by atoms with E-state index in [4.69, 9.17) is 19.4 Å². The molecule has 0 spiro atoms. The summed E-state index contributed by atoms with van der Waals surface area (Å²) in [6, 6.07) is 2.31. The molecule has 2 atom stereocenters. The number of nitrogens with one attached hydrogen (secondary N) is 1. The number of hydrogen-bond donors (Lipinski definition) is 1. The molecule has 10 nitrogen and oxygen atoms in total. The zero-order valence-corrected chi connectivity index (χ0v) is 22.5. The summed E-state index contributed by atoms with van der Waals surface area (Å²) in [5.41, 5.74) is 4.71. The van der Waals surface area contributed by atoms with Crippen molar-refractivity contribution in [2.75, 3.05) is 55.8 Å². The summed E-state index contributed by atoms with van der Waals surface area (Å²) >= 11 is 0. The molecule has 0 saturated carbocycles. The fourth-order valence-corrected chi connectivity index (χ4v) is 6.90. The molecule has 1 N–H and O–H groups in total. The van der Waals surface area contributed by atoms with E-state index >= 15 is 0 Å². The third-order valence-corrected chi connectivity index (χ3v) is 8.97. The lowest BCUT2D eigenvalue weighted by Gasteiger charge is -2.31. The van der Waals surface area contributed by atoms with Crippen molar-refractivity contribution >= 4 is 28.3 Å². The molecule has 1 amide bonds. The monoisotopic (exact) mass is 535 g/mol. The lowest BCUT2D eigenvalue weighted by atomic mass is 9.95. The Morgan fingerprint density at radius 1 is 1.21 bits per heavy atom. The van der Waals surface area contributed by atoms with Crippen molar-refractivity contribution in [2.45, 2.75) is 57.8 Å². The van der Waals surface area contributed by atoms with Crippen LogP contribution in [0.5, 0.6) is 6.01 Å². The fraction of sp³-hybridized carbons (Fsp3) is 0.571. The van der Waals surface area contributed by atoms with E-state index in [9.17, 15) is 9.18 Å². The van der Waals surface area contributed by atoms with E-state index in [0.717, 1.165) is 60.1 Å². The summed E-state index contributed by atoms with van der Waals surface area (Å²) in [5.74, 6) is 0.474. The maximum absolute atomic E-state index is 14.3. The van der Waals surface area contributed by atoms with E-state index in [2.05, 4.69) is 26.1 Å². The van der Waals surface area contributed by atoms with Gasteiger partial charge in [0.05, 0.1) is 41.8 Å². The van der Waals surface area contributed by atoms with Crippen LogP contribution in [0.2, 0.25) is 0 Å². The van der Waals surface area contributed by atoms with Gasteiger partial charge in [-0.15, -0.1) is 0 Å². The smallest absolute Gasteiger partial charge is 0.318 e. The first kappa shape index (κ1) is 24.7. The summed E-state index contributed by atoms with van der Waals surface area (Å²) in [7, 11) is 0. The van der Waals surface area contributed by atoms with Crippen molar-refractivity contribution in [3.8, 4) is 6.01 Å². The minimum atomic E-state index is -0.828. The first-order valence-corrected chi connectivity index (χ1v) is 13.9. The van der Waals surface area contributed by atoms with E-state index < -0.39 is 6.17 Å². The standard InChI is InChI=1S/C28H34FN7O3/c1-17-11-21-20(13-30-33-21)24(18(17)2)36-15-22-23(26(36)37)25(34-6-4-9-38-10-8-34)32-27(31-22)39-16-28-5-3-7-35(28)14-19(29)12-28/h11,13,19H,3-10,12,14-16H2,1-2H3,(H,30,33). The molecule has 39 heavy (non-hydrogen) atoms. The number of amides is 1. The topological polar surface area (TPSA) is 99.7 Å². The zero-order chi connectivity index (χ0) is 26.7. The lowest BCUT2D eigenvalue weighted by Crippen LogP contribution is -2.43. The molecule has 4 aliphatic rings. The van der Waals surface area contributed by atoms with Crippen molar-refractivity contribution < 1.29 is 18.7 Å². The number of aromatic nitrogens is 4. The minimum Gasteiger partial charge on any atom is -0.461 e. The van der Waals surface area contributed by atoms with E-state index in [0.29, 0.717) is 63.0 Å². The summed E-state index contributed by atoms with van der Waals surface area (Å²) in [6.45, 7) is 8.71. The molecule has 3 fully saturated rings. The fourth-order valence-electron chi connectivity index (χ4n) is 6.90. The van der Waals surface area contributed by atoms with Gasteiger partial charge < -0.3 is 19.3 Å². The molecule has 6 heterocycles. The van der Waals surface area contributed by atoms with Gasteiger partial charge in [0, 0.05) is 38.0 Å². The maximum atomic E-state index is 14.3. The van der Waals surface area contributed by atoms with Gasteiger partial charge in [-0.3, -0.25) is 14.8 Å². The number of benzene rings is 1. The first-order chi connectivity index (χ1) is 18.9. The second kappa shape index (κ2) is 9.41. The van der Waals surface area contributed by atoms with E-state index in [1.54, 1.807) is 11.1 Å². The first-order valence-electron chi connectivity index (χ1n) is 13.9. The highest BCUT2D eigenvalue weighted by molar-refractivity contribution is 6.16. The van der Waals surface area contributed by atoms with E-state index in [-0.39, 0.29) is 17.5 Å². The maximum Gasteiger partial charge on any atom is 0.318 e. The number of nitrogens with zero attached hydrogens (tertiary/aromatic N) is 6. The number of carbonyl (C=O) groups excluding carboxylic acids is 1. The van der Waals surface area contributed by atoms with Crippen LogP contribution in [0.3, 0.4) is 0 Å². The molecule has 7 rings (SSSR count). The molecule has 206 valence electrons. The summed E-state index contributed by atoms with van der Waals surface area (Å²) < 4.78 is 26.3. The highest BCUT2D eigenvalue weighted by Gasteiger charge is 2.49. The minimum absolute atomic E-state index is 0.121. The van der Waals surface area contributed by atoms with Gasteiger partial charge in [-0.1, -0.05) is 0 Å². The number of anilines is 2. The number of aryl methyl sites for hydroxylation is 1. The Labute approximate surface area is 226 Å². The van der Waals surface area contributed by atoms with Crippen LogP contribution in [0.15, 0.2) is 12.3 Å². The van der Waals surface area contributed by atoms with Crippen LogP contribution in [-0.2, 0) is 11.3 Å². The highest BCUT2D eigenvalue weighted by atomic mass is 19.1. The van der Waals surface area contributed by atoms with Crippen LogP contribution in [0, 0.1) is 13.8 Å². The largest absolute Gasteiger partial charge is 0.461 e. The average molecular weight is 536 g/mol. The van der Waals surface area contributed by atoms with Crippen LogP contribution in [-0.4, -0.2) is 88.7 Å². The predicted octanol–water partition coefficient (Wildman–Crippen LogP) is 3.31. The van der Waals surface area contributed by atoms with Crippen LogP contribution in [0.1, 0.15) is 52.9 Å². The van der Waals surface area contributed by atoms with Crippen LogP contribution < -0.4 is 14.5 Å². The third kappa shape index (κ3) is 4.05. The number of halogens is 1. The number of alkyl halides is 1. The van der Waals surface area contributed by atoms with E-state index in [1.165, 1.54) is 0 Å². The predicted molar refractivity (Wildman–Crippen MR) is 144 cm³/mol. The molecule has 1 aromatic carbocycles. The second-order valence-corrected chi connectivity index (χ2v) is 11.4. The Morgan fingerprint density at radius 3 is 3.00 bits per heavy atom. The highest BCUT2D eigenvalue weighted by Crippen LogP contribution is 2.42. The Bertz CT molecular complexity index is 1440. The summed E-state index contributed by atoms with van der Waals surface area (Å²) in [4.78, 5) is 29.9. The SMILES string of the molecule is Cc1cc2[nH]ncc2c(N2Cc3nc(OCC45CCCN4CC(F)C5)nc(N4CCCOCC4)c3C2=O)c1C. The Morgan fingerprint density at radius 2 is 2.10 bits per heavy atom. The van der Waals surface area contributed by atoms with Gasteiger partial charge in [0.1, 0.15) is 24.2 Å². The van der Waals surface area contributed by atoms with Crippen molar-refractivity contribution in [3.63, 3.8) is 0 Å². The molecule has 3 saturated heterocycles. The van der Waals surface area contributed by atoms with Crippen molar-refractivity contribution in [3.05, 3.63) is 34.6 Å². The van der Waals surface area contributed by atoms with Gasteiger partial charge in [0.15, 0.2) is 0 Å². The van der Waals surface area contributed by atoms with Gasteiger partial charge in [0.2, 0.25) is 0 Å². The lowest BCUT2D eigenvalue weighted by molar-refractivity contribution is 0.0995. The van der Waals surface area contributed by atoms with Crippen LogP contribution >= 0.6 is 0 Å². The number of fused-ring (bicyclic) bond motifs is 3. The summed E-state index contributed by atoms with van der Waals surface area (Å²) in [5, 5.41) is 8.18. The average Bonchev–Trinajstić information content (AvgIpc) is 3.62. The molecule has 0 radical (unpaired) electrons. The Hall–Kier alpha value is -3.31. The van der Waals surface area contributed by atoms with Crippen LogP contribution in [0.25, 0.3) is 10.9 Å². The van der Waals surface area contributed by atoms with Crippen molar-refractivity contribution in [1.29, 1.82) is 0 Å². The quantitative estimate of drug-likeness (QED) is 0.531. The molecule has 0 bridgehead atoms. The molecule has 3 aromatic rings. The molecule has 0 aliphatic carbocycles. The van der Waals surface area contributed by atoms with Gasteiger partial charge in [-0.2, -0.15) is 15.1 Å².